The molecule has 0 unspecified atom stereocenters. The van der Waals surface area contributed by atoms with Gasteiger partial charge in [-0.15, -0.1) is 0 Å². The lowest BCUT2D eigenvalue weighted by atomic mass is 10.0. The third-order valence-corrected chi connectivity index (χ3v) is 8.45. The summed E-state index contributed by atoms with van der Waals surface area (Å²) >= 11 is 6.79. The highest BCUT2D eigenvalue weighted by molar-refractivity contribution is 8.26. The van der Waals surface area contributed by atoms with Crippen LogP contribution >= 0.6 is 24.0 Å². The van der Waals surface area contributed by atoms with Gasteiger partial charge in [-0.3, -0.25) is 19.1 Å². The van der Waals surface area contributed by atoms with Crippen molar-refractivity contribution in [2.24, 2.45) is 0 Å². The Kier molecular flexibility index (Phi) is 8.90. The molecule has 2 aromatic rings. The molecule has 0 aliphatic carbocycles. The molecule has 200 valence electrons. The van der Waals surface area contributed by atoms with Crippen LogP contribution in [0.25, 0.3) is 6.08 Å². The van der Waals surface area contributed by atoms with Crippen LogP contribution in [-0.2, 0) is 11.3 Å². The standard InChI is InChI=1S/C28H32FN5O2S2/c1-4-6-7-12-34-27(36)24(38-28(34)37)17-22-19(3)23(18-30)26(35)33(5-2)25(22)32-15-13-31(14-16-32)21-10-8-20(29)9-11-21/h8-11,17H,4-7,12-16H2,1-3H3/b24-17+. The van der Waals surface area contributed by atoms with E-state index < -0.39 is 0 Å². The average molecular weight is 554 g/mol. The largest absolute Gasteiger partial charge is 0.368 e. The molecule has 1 aromatic carbocycles. The summed E-state index contributed by atoms with van der Waals surface area (Å²) in [7, 11) is 0. The Morgan fingerprint density at radius 2 is 1.74 bits per heavy atom. The molecule has 1 aromatic heterocycles. The highest BCUT2D eigenvalue weighted by atomic mass is 32.2. The van der Waals surface area contributed by atoms with Crippen LogP contribution in [0.3, 0.4) is 0 Å². The monoisotopic (exact) mass is 553 g/mol. The summed E-state index contributed by atoms with van der Waals surface area (Å²) in [6.07, 6.45) is 4.77. The zero-order valence-corrected chi connectivity index (χ0v) is 23.6. The molecule has 0 saturated carbocycles. The van der Waals surface area contributed by atoms with Gasteiger partial charge < -0.3 is 9.80 Å². The Balaban J connectivity index is 1.71. The van der Waals surface area contributed by atoms with Crippen molar-refractivity contribution in [3.05, 3.63) is 62.0 Å². The molecule has 3 heterocycles. The number of halogens is 1. The highest BCUT2D eigenvalue weighted by Crippen LogP contribution is 2.36. The van der Waals surface area contributed by atoms with E-state index in [0.29, 0.717) is 65.4 Å². The number of nitriles is 1. The van der Waals surface area contributed by atoms with Crippen LogP contribution in [0.4, 0.5) is 15.9 Å². The molecule has 2 fully saturated rings. The fourth-order valence-corrected chi connectivity index (χ4v) is 6.24. The highest BCUT2D eigenvalue weighted by Gasteiger charge is 2.33. The quantitative estimate of drug-likeness (QED) is 0.261. The normalized spacial score (nSPS) is 17.0. The number of thiocarbonyl (C=S) groups is 1. The van der Waals surface area contributed by atoms with E-state index >= 15 is 0 Å². The van der Waals surface area contributed by atoms with Crippen molar-refractivity contribution < 1.29 is 9.18 Å². The first kappa shape index (κ1) is 27.9. The first-order chi connectivity index (χ1) is 18.3. The average Bonchev–Trinajstić information content (AvgIpc) is 3.18. The van der Waals surface area contributed by atoms with Crippen molar-refractivity contribution in [2.45, 2.75) is 46.6 Å². The van der Waals surface area contributed by atoms with E-state index in [1.165, 1.54) is 23.9 Å². The molecule has 0 radical (unpaired) electrons. The van der Waals surface area contributed by atoms with Gasteiger partial charge in [0, 0.05) is 50.5 Å². The number of pyridine rings is 1. The van der Waals surface area contributed by atoms with E-state index in [-0.39, 0.29) is 22.8 Å². The third-order valence-electron chi connectivity index (χ3n) is 7.07. The van der Waals surface area contributed by atoms with Crippen molar-refractivity contribution in [1.82, 2.24) is 9.47 Å². The smallest absolute Gasteiger partial charge is 0.270 e. The van der Waals surface area contributed by atoms with E-state index in [2.05, 4.69) is 22.8 Å². The van der Waals surface area contributed by atoms with Crippen LogP contribution < -0.4 is 15.4 Å². The number of amides is 1. The first-order valence-electron chi connectivity index (χ1n) is 13.0. The number of benzene rings is 1. The number of thioether (sulfide) groups is 1. The van der Waals surface area contributed by atoms with Crippen LogP contribution in [-0.4, -0.2) is 52.4 Å². The van der Waals surface area contributed by atoms with Crippen molar-refractivity contribution in [3.63, 3.8) is 0 Å². The molecule has 0 spiro atoms. The fraction of sp³-hybridized carbons (Fsp3) is 0.429. The number of nitrogens with zero attached hydrogens (tertiary/aromatic N) is 5. The van der Waals surface area contributed by atoms with Gasteiger partial charge in [0.1, 0.15) is 27.6 Å². The summed E-state index contributed by atoms with van der Waals surface area (Å²) in [5.74, 6) is 0.312. The SMILES string of the molecule is CCCCCN1C(=O)/C(=C\c2c(C)c(C#N)c(=O)n(CC)c2N2CCN(c3ccc(F)cc3)CC2)SC1=S. The molecule has 2 aliphatic rings. The van der Waals surface area contributed by atoms with Crippen molar-refractivity contribution >= 4 is 51.8 Å². The van der Waals surface area contributed by atoms with Crippen LogP contribution in [0.1, 0.15) is 49.8 Å². The number of carbonyl (C=O) groups is 1. The Labute approximate surface area is 232 Å². The molecule has 38 heavy (non-hydrogen) atoms. The zero-order chi connectivity index (χ0) is 27.4. The molecule has 0 N–H and O–H groups in total. The maximum Gasteiger partial charge on any atom is 0.270 e. The van der Waals surface area contributed by atoms with Crippen LogP contribution in [0.15, 0.2) is 34.0 Å². The van der Waals surface area contributed by atoms with E-state index in [0.717, 1.165) is 24.9 Å². The lowest BCUT2D eigenvalue weighted by molar-refractivity contribution is -0.122. The summed E-state index contributed by atoms with van der Waals surface area (Å²) in [5.41, 5.74) is 1.97. The lowest BCUT2D eigenvalue weighted by Gasteiger charge is -2.39. The Morgan fingerprint density at radius 1 is 1.08 bits per heavy atom. The second-order valence-electron chi connectivity index (χ2n) is 9.39. The van der Waals surface area contributed by atoms with Crippen LogP contribution in [0.2, 0.25) is 0 Å². The van der Waals surface area contributed by atoms with E-state index in [1.807, 2.05) is 13.0 Å². The zero-order valence-electron chi connectivity index (χ0n) is 22.0. The van der Waals surface area contributed by atoms with Crippen LogP contribution in [0.5, 0.6) is 0 Å². The number of unbranched alkanes of at least 4 members (excludes halogenated alkanes) is 2. The third kappa shape index (κ3) is 5.49. The number of piperazine rings is 1. The molecule has 2 saturated heterocycles. The van der Waals surface area contributed by atoms with Gasteiger partial charge in [0.05, 0.1) is 4.91 Å². The van der Waals surface area contributed by atoms with Crippen molar-refractivity contribution in [2.75, 3.05) is 42.5 Å². The summed E-state index contributed by atoms with van der Waals surface area (Å²) < 4.78 is 15.6. The summed E-state index contributed by atoms with van der Waals surface area (Å²) in [6.45, 7) is 9.36. The lowest BCUT2D eigenvalue weighted by Crippen LogP contribution is -2.48. The topological polar surface area (TPSA) is 72.6 Å². The molecular weight excluding hydrogens is 521 g/mol. The number of anilines is 2. The van der Waals surface area contributed by atoms with Gasteiger partial charge in [-0.1, -0.05) is 43.7 Å². The minimum atomic E-state index is -0.326. The maximum absolute atomic E-state index is 13.4. The Morgan fingerprint density at radius 3 is 2.34 bits per heavy atom. The number of aromatic nitrogens is 1. The van der Waals surface area contributed by atoms with Gasteiger partial charge in [-0.05, 0) is 56.2 Å². The predicted octanol–water partition coefficient (Wildman–Crippen LogP) is 4.91. The van der Waals surface area contributed by atoms with E-state index in [4.69, 9.17) is 12.2 Å². The number of hydrogen-bond acceptors (Lipinski definition) is 7. The van der Waals surface area contributed by atoms with E-state index in [9.17, 15) is 19.2 Å². The maximum atomic E-state index is 13.4. The van der Waals surface area contributed by atoms with Crippen LogP contribution in [0, 0.1) is 24.1 Å². The molecule has 2 aliphatic heterocycles. The number of hydrogen-bond donors (Lipinski definition) is 0. The van der Waals surface area contributed by atoms with Gasteiger partial charge >= 0.3 is 0 Å². The van der Waals surface area contributed by atoms with Gasteiger partial charge in [-0.2, -0.15) is 5.26 Å². The summed E-state index contributed by atoms with van der Waals surface area (Å²) in [4.78, 5) is 33.1. The molecule has 0 bridgehead atoms. The van der Waals surface area contributed by atoms with E-state index in [1.54, 1.807) is 28.5 Å². The number of carbonyl (C=O) groups excluding carboxylic acids is 1. The molecule has 1 amide bonds. The van der Waals surface area contributed by atoms with Crippen molar-refractivity contribution in [3.8, 4) is 6.07 Å². The Hall–Kier alpha value is -3.16. The van der Waals surface area contributed by atoms with Gasteiger partial charge in [-0.25, -0.2) is 4.39 Å². The predicted molar refractivity (Wildman–Crippen MR) is 156 cm³/mol. The van der Waals surface area contributed by atoms with Crippen molar-refractivity contribution in [1.29, 1.82) is 5.26 Å². The Bertz CT molecular complexity index is 1360. The summed E-state index contributed by atoms with van der Waals surface area (Å²) in [6, 6.07) is 8.53. The second kappa shape index (κ2) is 12.1. The fourth-order valence-electron chi connectivity index (χ4n) is 4.95. The summed E-state index contributed by atoms with van der Waals surface area (Å²) in [5, 5.41) is 9.81. The molecule has 0 atom stereocenters. The molecule has 7 nitrogen and oxygen atoms in total. The van der Waals surface area contributed by atoms with Gasteiger partial charge in [0.2, 0.25) is 0 Å². The van der Waals surface area contributed by atoms with Gasteiger partial charge in [0.15, 0.2) is 0 Å². The first-order valence-corrected chi connectivity index (χ1v) is 14.2. The number of rotatable bonds is 8. The minimum Gasteiger partial charge on any atom is -0.368 e. The molecular formula is C28H32FN5O2S2. The minimum absolute atomic E-state index is 0.0882. The second-order valence-corrected chi connectivity index (χ2v) is 11.1. The molecule has 10 heteroatoms. The van der Waals surface area contributed by atoms with Gasteiger partial charge in [0.25, 0.3) is 11.5 Å². The molecule has 4 rings (SSSR count).